The van der Waals surface area contributed by atoms with Crippen molar-refractivity contribution in [2.45, 2.75) is 20.3 Å². The predicted molar refractivity (Wildman–Crippen MR) is 80.3 cm³/mol. The van der Waals surface area contributed by atoms with Crippen LogP contribution in [0.1, 0.15) is 20.3 Å². The molecule has 0 amide bonds. The number of benzene rings is 2. The first-order valence-corrected chi connectivity index (χ1v) is 6.77. The summed E-state index contributed by atoms with van der Waals surface area (Å²) in [5.74, 6) is 0. The van der Waals surface area contributed by atoms with Crippen LogP contribution in [0.15, 0.2) is 40.8 Å². The highest BCUT2D eigenvalue weighted by Crippen LogP contribution is 2.27. The minimum absolute atomic E-state index is 0.191. The van der Waals surface area contributed by atoms with Crippen molar-refractivity contribution in [2.75, 3.05) is 0 Å². The quantitative estimate of drug-likeness (QED) is 0.592. The maximum atomic E-state index is 6.05. The highest BCUT2D eigenvalue weighted by molar-refractivity contribution is 6.06. The Morgan fingerprint density at radius 1 is 1.05 bits per heavy atom. The van der Waals surface area contributed by atoms with E-state index >= 15 is 0 Å². The molecule has 94 valence electrons. The standard InChI is InChI=1S/C18H16O/c1-18(2)10-9-14-16(11-18)19-15-8-7-12-5-3-4-6-13(12)17(14)15/h3-9,11H,10H2,1-2H3. The number of furan rings is 1. The summed E-state index contributed by atoms with van der Waals surface area (Å²) >= 11 is 0. The van der Waals surface area contributed by atoms with E-state index in [1.807, 2.05) is 0 Å². The fourth-order valence-electron chi connectivity index (χ4n) is 3.00. The lowest BCUT2D eigenvalue weighted by molar-refractivity contribution is 0.502. The lowest BCUT2D eigenvalue weighted by atomic mass is 9.86. The molecule has 1 heterocycles. The van der Waals surface area contributed by atoms with E-state index in [2.05, 4.69) is 62.4 Å². The van der Waals surface area contributed by atoms with E-state index in [-0.39, 0.29) is 5.41 Å². The average Bonchev–Trinajstić information content (AvgIpc) is 2.74. The smallest absolute Gasteiger partial charge is 0.136 e. The number of hydrogen-bond donors (Lipinski definition) is 0. The molecule has 1 aliphatic carbocycles. The number of hydrogen-bond acceptors (Lipinski definition) is 1. The SMILES string of the molecule is CC1(C)C=c2oc3ccc4ccccc4c3c2=CC1. The molecule has 0 spiro atoms. The Hall–Kier alpha value is -2.02. The zero-order valence-corrected chi connectivity index (χ0v) is 11.2. The van der Waals surface area contributed by atoms with E-state index in [4.69, 9.17) is 4.42 Å². The molecule has 0 bridgehead atoms. The molecule has 1 aromatic heterocycles. The normalized spacial score (nSPS) is 16.9. The molecule has 0 N–H and O–H groups in total. The summed E-state index contributed by atoms with van der Waals surface area (Å²) in [6.45, 7) is 4.50. The minimum Gasteiger partial charge on any atom is -0.456 e. The zero-order chi connectivity index (χ0) is 13.0. The van der Waals surface area contributed by atoms with E-state index in [0.29, 0.717) is 0 Å². The number of fused-ring (bicyclic) bond motifs is 5. The van der Waals surface area contributed by atoms with Crippen LogP contribution in [0.5, 0.6) is 0 Å². The molecular formula is C18H16O. The van der Waals surface area contributed by atoms with Gasteiger partial charge in [-0.3, -0.25) is 0 Å². The van der Waals surface area contributed by atoms with Gasteiger partial charge in [0, 0.05) is 10.6 Å². The van der Waals surface area contributed by atoms with Gasteiger partial charge in [0.2, 0.25) is 0 Å². The van der Waals surface area contributed by atoms with Crippen LogP contribution in [-0.4, -0.2) is 0 Å². The van der Waals surface area contributed by atoms with Crippen molar-refractivity contribution in [3.05, 3.63) is 47.0 Å². The highest BCUT2D eigenvalue weighted by atomic mass is 16.3. The summed E-state index contributed by atoms with van der Waals surface area (Å²) in [7, 11) is 0. The summed E-state index contributed by atoms with van der Waals surface area (Å²) in [6.07, 6.45) is 5.66. The van der Waals surface area contributed by atoms with Crippen LogP contribution in [0.25, 0.3) is 33.9 Å². The second kappa shape index (κ2) is 3.51. The van der Waals surface area contributed by atoms with Crippen LogP contribution in [0.2, 0.25) is 0 Å². The molecule has 19 heavy (non-hydrogen) atoms. The fourth-order valence-corrected chi connectivity index (χ4v) is 3.00. The highest BCUT2D eigenvalue weighted by Gasteiger charge is 2.19. The summed E-state index contributed by atoms with van der Waals surface area (Å²) in [5.41, 5.74) is 2.22. The number of rotatable bonds is 0. The maximum Gasteiger partial charge on any atom is 0.136 e. The van der Waals surface area contributed by atoms with Crippen LogP contribution in [0.3, 0.4) is 0 Å². The van der Waals surface area contributed by atoms with E-state index in [1.54, 1.807) is 0 Å². The Kier molecular flexibility index (Phi) is 2.00. The molecule has 4 rings (SSSR count). The van der Waals surface area contributed by atoms with Crippen LogP contribution < -0.4 is 10.6 Å². The summed E-state index contributed by atoms with van der Waals surface area (Å²) in [4.78, 5) is 0. The lowest BCUT2D eigenvalue weighted by Gasteiger charge is -2.18. The molecule has 0 fully saturated rings. The Bertz CT molecular complexity index is 910. The summed E-state index contributed by atoms with van der Waals surface area (Å²) in [5, 5.41) is 5.09. The van der Waals surface area contributed by atoms with Crippen molar-refractivity contribution in [3.63, 3.8) is 0 Å². The second-order valence-corrected chi connectivity index (χ2v) is 6.08. The Morgan fingerprint density at radius 2 is 1.89 bits per heavy atom. The first kappa shape index (κ1) is 10.9. The second-order valence-electron chi connectivity index (χ2n) is 6.08. The molecule has 0 saturated heterocycles. The fraction of sp³-hybridized carbons (Fsp3) is 0.222. The molecule has 0 atom stereocenters. The maximum absolute atomic E-state index is 6.05. The van der Waals surface area contributed by atoms with Crippen LogP contribution in [0, 0.1) is 5.41 Å². The monoisotopic (exact) mass is 248 g/mol. The van der Waals surface area contributed by atoms with Crippen molar-refractivity contribution >= 4 is 33.9 Å². The Morgan fingerprint density at radius 3 is 2.79 bits per heavy atom. The molecule has 0 radical (unpaired) electrons. The third kappa shape index (κ3) is 1.54. The van der Waals surface area contributed by atoms with Crippen molar-refractivity contribution in [2.24, 2.45) is 5.41 Å². The summed E-state index contributed by atoms with van der Waals surface area (Å²) < 4.78 is 6.05. The van der Waals surface area contributed by atoms with Crippen molar-refractivity contribution in [3.8, 4) is 0 Å². The van der Waals surface area contributed by atoms with E-state index < -0.39 is 0 Å². The van der Waals surface area contributed by atoms with Gasteiger partial charge in [-0.15, -0.1) is 0 Å². The molecule has 1 heteroatoms. The summed E-state index contributed by atoms with van der Waals surface area (Å²) in [6, 6.07) is 12.7. The van der Waals surface area contributed by atoms with Gasteiger partial charge in [0.1, 0.15) is 11.0 Å². The van der Waals surface area contributed by atoms with Gasteiger partial charge in [-0.25, -0.2) is 0 Å². The van der Waals surface area contributed by atoms with Gasteiger partial charge in [-0.05, 0) is 34.8 Å². The third-order valence-electron chi connectivity index (χ3n) is 4.00. The molecule has 1 nitrogen and oxygen atoms in total. The largest absolute Gasteiger partial charge is 0.456 e. The van der Waals surface area contributed by atoms with Gasteiger partial charge in [0.05, 0.1) is 0 Å². The molecule has 1 aliphatic rings. The topological polar surface area (TPSA) is 13.1 Å². The van der Waals surface area contributed by atoms with Gasteiger partial charge in [-0.1, -0.05) is 50.3 Å². The van der Waals surface area contributed by atoms with E-state index in [9.17, 15) is 0 Å². The van der Waals surface area contributed by atoms with Crippen LogP contribution >= 0.6 is 0 Å². The van der Waals surface area contributed by atoms with Gasteiger partial charge in [-0.2, -0.15) is 0 Å². The zero-order valence-electron chi connectivity index (χ0n) is 11.2. The molecule has 0 unspecified atom stereocenters. The van der Waals surface area contributed by atoms with Gasteiger partial charge < -0.3 is 4.42 Å². The van der Waals surface area contributed by atoms with Crippen LogP contribution in [-0.2, 0) is 0 Å². The van der Waals surface area contributed by atoms with Gasteiger partial charge >= 0.3 is 0 Å². The molecule has 2 aromatic carbocycles. The minimum atomic E-state index is 0.191. The average molecular weight is 248 g/mol. The van der Waals surface area contributed by atoms with E-state index in [0.717, 1.165) is 17.4 Å². The van der Waals surface area contributed by atoms with Gasteiger partial charge in [0.15, 0.2) is 0 Å². The van der Waals surface area contributed by atoms with E-state index in [1.165, 1.54) is 21.4 Å². The van der Waals surface area contributed by atoms with Crippen molar-refractivity contribution in [1.29, 1.82) is 0 Å². The molecule has 3 aromatic rings. The van der Waals surface area contributed by atoms with Crippen LogP contribution in [0.4, 0.5) is 0 Å². The third-order valence-corrected chi connectivity index (χ3v) is 4.00. The lowest BCUT2D eigenvalue weighted by Crippen LogP contribution is -2.28. The Labute approximate surface area is 111 Å². The molecular weight excluding hydrogens is 232 g/mol. The first-order chi connectivity index (χ1) is 9.14. The Balaban J connectivity index is 2.26. The van der Waals surface area contributed by atoms with Crippen molar-refractivity contribution < 1.29 is 4.42 Å². The molecule has 0 saturated carbocycles. The van der Waals surface area contributed by atoms with Gasteiger partial charge in [0.25, 0.3) is 0 Å². The predicted octanol–water partition coefficient (Wildman–Crippen LogP) is 3.58. The first-order valence-electron chi connectivity index (χ1n) is 6.77. The molecule has 0 aliphatic heterocycles. The van der Waals surface area contributed by atoms with Crippen molar-refractivity contribution in [1.82, 2.24) is 0 Å².